The Hall–Kier alpha value is 0.440. The van der Waals surface area contributed by atoms with Crippen molar-refractivity contribution in [1.29, 1.82) is 0 Å². The van der Waals surface area contributed by atoms with Gasteiger partial charge in [0.25, 0.3) is 0 Å². The third-order valence-corrected chi connectivity index (χ3v) is 2.91. The molecule has 0 radical (unpaired) electrons. The highest BCUT2D eigenvalue weighted by atomic mass is 79.9. The second-order valence-corrected chi connectivity index (χ2v) is 4.47. The Kier molecular flexibility index (Phi) is 3.86. The number of likely N-dealkylation sites (tertiary alicyclic amines) is 1. The predicted molar refractivity (Wildman–Crippen MR) is 53.2 cm³/mol. The molecule has 1 saturated heterocycles. The fourth-order valence-corrected chi connectivity index (χ4v) is 2.45. The molecule has 1 unspecified atom stereocenters. The average molecular weight is 220 g/mol. The van der Waals surface area contributed by atoms with Crippen LogP contribution in [-0.2, 0) is 0 Å². The summed E-state index contributed by atoms with van der Waals surface area (Å²) in [5.41, 5.74) is 0. The van der Waals surface area contributed by atoms with Gasteiger partial charge in [-0.3, -0.25) is 4.90 Å². The maximum absolute atomic E-state index is 3.49. The van der Waals surface area contributed by atoms with Crippen LogP contribution in [0.15, 0.2) is 0 Å². The minimum atomic E-state index is 0.830. The lowest BCUT2D eigenvalue weighted by molar-refractivity contribution is 0.219. The van der Waals surface area contributed by atoms with Crippen molar-refractivity contribution in [3.63, 3.8) is 0 Å². The summed E-state index contributed by atoms with van der Waals surface area (Å²) in [7, 11) is 0. The molecule has 0 aromatic heterocycles. The lowest BCUT2D eigenvalue weighted by Crippen LogP contribution is -2.34. The van der Waals surface area contributed by atoms with Gasteiger partial charge in [0.15, 0.2) is 0 Å². The first-order valence-electron chi connectivity index (χ1n) is 4.55. The van der Waals surface area contributed by atoms with Crippen LogP contribution in [0.4, 0.5) is 0 Å². The highest BCUT2D eigenvalue weighted by Crippen LogP contribution is 2.23. The van der Waals surface area contributed by atoms with Crippen molar-refractivity contribution in [2.75, 3.05) is 18.4 Å². The van der Waals surface area contributed by atoms with Crippen molar-refractivity contribution >= 4 is 15.9 Å². The van der Waals surface area contributed by atoms with Crippen molar-refractivity contribution in [2.45, 2.75) is 32.7 Å². The fraction of sp³-hybridized carbons (Fsp3) is 1.00. The normalized spacial score (nSPS) is 26.7. The number of rotatable bonds is 3. The molecule has 66 valence electrons. The van der Waals surface area contributed by atoms with E-state index in [1.54, 1.807) is 0 Å². The molecule has 0 N–H and O–H groups in total. The Labute approximate surface area is 78.3 Å². The number of hydrogen-bond donors (Lipinski definition) is 0. The molecular formula is C9H18BrN. The Morgan fingerprint density at radius 3 is 2.82 bits per heavy atom. The molecule has 0 saturated carbocycles. The molecule has 1 heterocycles. The van der Waals surface area contributed by atoms with Crippen LogP contribution in [0.5, 0.6) is 0 Å². The number of alkyl halides is 1. The maximum atomic E-state index is 3.49. The molecular weight excluding hydrogens is 202 g/mol. The molecule has 0 bridgehead atoms. The molecule has 1 nitrogen and oxygen atoms in total. The SMILES string of the molecule is CC(C)C1CCCN1CCBr. The molecule has 1 atom stereocenters. The van der Waals surface area contributed by atoms with Crippen molar-refractivity contribution < 1.29 is 0 Å². The van der Waals surface area contributed by atoms with Crippen molar-refractivity contribution in [3.8, 4) is 0 Å². The Bertz CT molecular complexity index is 114. The van der Waals surface area contributed by atoms with Crippen LogP contribution in [0.3, 0.4) is 0 Å². The van der Waals surface area contributed by atoms with Gasteiger partial charge >= 0.3 is 0 Å². The zero-order valence-corrected chi connectivity index (χ0v) is 9.10. The van der Waals surface area contributed by atoms with Gasteiger partial charge < -0.3 is 0 Å². The third kappa shape index (κ3) is 2.45. The molecule has 1 aliphatic heterocycles. The largest absolute Gasteiger partial charge is 0.299 e. The summed E-state index contributed by atoms with van der Waals surface area (Å²) >= 11 is 3.49. The van der Waals surface area contributed by atoms with Gasteiger partial charge in [0, 0.05) is 17.9 Å². The highest BCUT2D eigenvalue weighted by Gasteiger charge is 2.25. The molecule has 0 aliphatic carbocycles. The number of hydrogen-bond acceptors (Lipinski definition) is 1. The molecule has 2 heteroatoms. The summed E-state index contributed by atoms with van der Waals surface area (Å²) in [5, 5.41) is 1.12. The van der Waals surface area contributed by atoms with Crippen molar-refractivity contribution in [2.24, 2.45) is 5.92 Å². The lowest BCUT2D eigenvalue weighted by atomic mass is 10.0. The third-order valence-electron chi connectivity index (χ3n) is 2.56. The van der Waals surface area contributed by atoms with Gasteiger partial charge in [-0.1, -0.05) is 29.8 Å². The van der Waals surface area contributed by atoms with Gasteiger partial charge in [0.05, 0.1) is 0 Å². The molecule has 0 aromatic rings. The van der Waals surface area contributed by atoms with E-state index in [-0.39, 0.29) is 0 Å². The number of nitrogens with zero attached hydrogens (tertiary/aromatic N) is 1. The fourth-order valence-electron chi connectivity index (χ4n) is 1.99. The molecule has 0 aromatic carbocycles. The summed E-state index contributed by atoms with van der Waals surface area (Å²) in [6.45, 7) is 7.20. The van der Waals surface area contributed by atoms with E-state index in [1.807, 2.05) is 0 Å². The quantitative estimate of drug-likeness (QED) is 0.660. The summed E-state index contributed by atoms with van der Waals surface area (Å²) in [4.78, 5) is 2.61. The summed E-state index contributed by atoms with van der Waals surface area (Å²) in [6.07, 6.45) is 2.81. The molecule has 0 amide bonds. The molecule has 0 spiro atoms. The Morgan fingerprint density at radius 1 is 1.55 bits per heavy atom. The van der Waals surface area contributed by atoms with E-state index in [0.29, 0.717) is 0 Å². The minimum absolute atomic E-state index is 0.830. The van der Waals surface area contributed by atoms with Gasteiger partial charge in [0.2, 0.25) is 0 Å². The first-order valence-corrected chi connectivity index (χ1v) is 5.68. The summed E-state index contributed by atoms with van der Waals surface area (Å²) in [5.74, 6) is 0.830. The topological polar surface area (TPSA) is 3.24 Å². The summed E-state index contributed by atoms with van der Waals surface area (Å²) < 4.78 is 0. The first-order chi connectivity index (χ1) is 5.25. The van der Waals surface area contributed by atoms with Crippen LogP contribution in [0, 0.1) is 5.92 Å². The smallest absolute Gasteiger partial charge is 0.0159 e. The van der Waals surface area contributed by atoms with E-state index < -0.39 is 0 Å². The Balaban J connectivity index is 2.37. The van der Waals surface area contributed by atoms with Crippen molar-refractivity contribution in [1.82, 2.24) is 4.90 Å². The minimum Gasteiger partial charge on any atom is -0.299 e. The monoisotopic (exact) mass is 219 g/mol. The van der Waals surface area contributed by atoms with Gasteiger partial charge in [0.1, 0.15) is 0 Å². The van der Waals surface area contributed by atoms with E-state index in [0.717, 1.165) is 17.3 Å². The van der Waals surface area contributed by atoms with Gasteiger partial charge in [-0.2, -0.15) is 0 Å². The zero-order valence-electron chi connectivity index (χ0n) is 7.52. The van der Waals surface area contributed by atoms with Gasteiger partial charge in [-0.05, 0) is 25.3 Å². The zero-order chi connectivity index (χ0) is 8.27. The van der Waals surface area contributed by atoms with Crippen LogP contribution < -0.4 is 0 Å². The van der Waals surface area contributed by atoms with Crippen LogP contribution in [-0.4, -0.2) is 29.4 Å². The lowest BCUT2D eigenvalue weighted by Gasteiger charge is -2.26. The molecule has 1 fully saturated rings. The second kappa shape index (κ2) is 4.46. The average Bonchev–Trinajstić information content (AvgIpc) is 2.36. The number of halogens is 1. The van der Waals surface area contributed by atoms with E-state index in [9.17, 15) is 0 Å². The van der Waals surface area contributed by atoms with Gasteiger partial charge in [-0.25, -0.2) is 0 Å². The standard InChI is InChI=1S/C9H18BrN/c1-8(2)9-4-3-6-11(9)7-5-10/h8-9H,3-7H2,1-2H3. The van der Waals surface area contributed by atoms with Crippen LogP contribution in [0.2, 0.25) is 0 Å². The van der Waals surface area contributed by atoms with E-state index >= 15 is 0 Å². The van der Waals surface area contributed by atoms with Crippen LogP contribution in [0.1, 0.15) is 26.7 Å². The molecule has 11 heavy (non-hydrogen) atoms. The van der Waals surface area contributed by atoms with E-state index in [2.05, 4.69) is 34.7 Å². The predicted octanol–water partition coefficient (Wildman–Crippen LogP) is 2.50. The van der Waals surface area contributed by atoms with Gasteiger partial charge in [-0.15, -0.1) is 0 Å². The molecule has 1 aliphatic rings. The van der Waals surface area contributed by atoms with E-state index in [4.69, 9.17) is 0 Å². The maximum Gasteiger partial charge on any atom is 0.0159 e. The Morgan fingerprint density at radius 2 is 2.27 bits per heavy atom. The first kappa shape index (κ1) is 9.53. The van der Waals surface area contributed by atoms with Crippen LogP contribution >= 0.6 is 15.9 Å². The van der Waals surface area contributed by atoms with E-state index in [1.165, 1.54) is 25.9 Å². The second-order valence-electron chi connectivity index (χ2n) is 3.68. The van der Waals surface area contributed by atoms with Crippen LogP contribution in [0.25, 0.3) is 0 Å². The van der Waals surface area contributed by atoms with Crippen molar-refractivity contribution in [3.05, 3.63) is 0 Å². The summed E-state index contributed by atoms with van der Waals surface area (Å²) in [6, 6.07) is 0.854. The molecule has 1 rings (SSSR count). The highest BCUT2D eigenvalue weighted by molar-refractivity contribution is 9.09.